The highest BCUT2D eigenvalue weighted by molar-refractivity contribution is 7.16. The summed E-state index contributed by atoms with van der Waals surface area (Å²) < 4.78 is 11.5. The Kier molecular flexibility index (Phi) is 7.17. The minimum Gasteiger partial charge on any atom is -0.493 e. The van der Waals surface area contributed by atoms with Crippen LogP contribution in [0.4, 0.5) is 0 Å². The summed E-state index contributed by atoms with van der Waals surface area (Å²) in [7, 11) is 1.51. The van der Waals surface area contributed by atoms with Gasteiger partial charge in [-0.25, -0.2) is 0 Å². The van der Waals surface area contributed by atoms with Gasteiger partial charge in [0.25, 0.3) is 5.91 Å². The van der Waals surface area contributed by atoms with Gasteiger partial charge in [-0.1, -0.05) is 29.3 Å². The van der Waals surface area contributed by atoms with E-state index in [2.05, 4.69) is 6.58 Å². The number of carbonyl (C=O) groups is 1. The number of carbonyl (C=O) groups excluding carboxylic acids is 1. The number of hydrogen-bond donors (Lipinski definition) is 0. The Labute approximate surface area is 161 Å². The molecule has 1 aromatic heterocycles. The first kappa shape index (κ1) is 19.6. The second-order valence-corrected chi connectivity index (χ2v) is 7.31. The third-order valence-corrected chi connectivity index (χ3v) is 4.87. The highest BCUT2D eigenvalue weighted by atomic mass is 35.5. The van der Waals surface area contributed by atoms with Gasteiger partial charge in [0.2, 0.25) is 0 Å². The molecule has 7 heteroatoms. The Morgan fingerprint density at radius 3 is 2.68 bits per heavy atom. The van der Waals surface area contributed by atoms with Gasteiger partial charge in [0, 0.05) is 17.0 Å². The van der Waals surface area contributed by atoms with Crippen molar-refractivity contribution in [3.05, 3.63) is 56.7 Å². The highest BCUT2D eigenvalue weighted by Gasteiger charge is 2.20. The van der Waals surface area contributed by atoms with Crippen molar-refractivity contribution >= 4 is 40.4 Å². The monoisotopic (exact) mass is 399 g/mol. The van der Waals surface area contributed by atoms with Gasteiger partial charge in [-0.2, -0.15) is 0 Å². The van der Waals surface area contributed by atoms with Gasteiger partial charge in [-0.05, 0) is 31.2 Å². The minimum atomic E-state index is -0.173. The number of benzene rings is 1. The predicted molar refractivity (Wildman–Crippen MR) is 103 cm³/mol. The Hall–Kier alpha value is -1.69. The lowest BCUT2D eigenvalue weighted by Gasteiger charge is -2.21. The summed E-state index contributed by atoms with van der Waals surface area (Å²) in [5.41, 5.74) is 0.426. The average molecular weight is 400 g/mol. The van der Waals surface area contributed by atoms with Gasteiger partial charge in [-0.3, -0.25) is 4.79 Å². The molecule has 0 saturated carbocycles. The number of thiophene rings is 1. The van der Waals surface area contributed by atoms with Crippen molar-refractivity contribution in [1.82, 2.24) is 4.90 Å². The molecule has 0 aliphatic rings. The zero-order chi connectivity index (χ0) is 18.4. The van der Waals surface area contributed by atoms with Crippen LogP contribution in [0.3, 0.4) is 0 Å². The van der Waals surface area contributed by atoms with Gasteiger partial charge >= 0.3 is 0 Å². The number of hydrogen-bond acceptors (Lipinski definition) is 4. The molecular weight excluding hydrogens is 381 g/mol. The largest absolute Gasteiger partial charge is 0.493 e. The van der Waals surface area contributed by atoms with E-state index in [1.807, 2.05) is 19.1 Å². The summed E-state index contributed by atoms with van der Waals surface area (Å²) in [4.78, 5) is 15.6. The molecule has 0 unspecified atom stereocenters. The van der Waals surface area contributed by atoms with Crippen LogP contribution in [0, 0.1) is 0 Å². The van der Waals surface area contributed by atoms with E-state index in [0.717, 1.165) is 4.88 Å². The lowest BCUT2D eigenvalue weighted by molar-refractivity contribution is 0.0764. The Bertz CT molecular complexity index is 761. The summed E-state index contributed by atoms with van der Waals surface area (Å²) >= 11 is 13.7. The molecule has 0 spiro atoms. The molecule has 134 valence electrons. The number of amides is 1. The first-order valence-electron chi connectivity index (χ1n) is 7.64. The van der Waals surface area contributed by atoms with Crippen LogP contribution in [0.5, 0.6) is 11.5 Å². The quantitative estimate of drug-likeness (QED) is 0.565. The van der Waals surface area contributed by atoms with Crippen LogP contribution in [0.15, 0.2) is 36.9 Å². The van der Waals surface area contributed by atoms with Crippen LogP contribution in [0.2, 0.25) is 9.36 Å². The van der Waals surface area contributed by atoms with Gasteiger partial charge in [0.15, 0.2) is 11.5 Å². The van der Waals surface area contributed by atoms with E-state index in [1.54, 1.807) is 23.1 Å². The van der Waals surface area contributed by atoms with E-state index in [0.29, 0.717) is 46.1 Å². The van der Waals surface area contributed by atoms with Crippen molar-refractivity contribution in [2.45, 2.75) is 13.5 Å². The zero-order valence-electron chi connectivity index (χ0n) is 14.1. The molecule has 0 atom stereocenters. The molecule has 0 fully saturated rings. The van der Waals surface area contributed by atoms with Gasteiger partial charge in [0.1, 0.15) is 0 Å². The molecule has 0 aliphatic heterocycles. The molecule has 4 nitrogen and oxygen atoms in total. The first-order valence-corrected chi connectivity index (χ1v) is 9.22. The molecule has 0 radical (unpaired) electrons. The molecule has 0 N–H and O–H groups in total. The summed E-state index contributed by atoms with van der Waals surface area (Å²) in [6, 6.07) is 6.95. The van der Waals surface area contributed by atoms with E-state index >= 15 is 0 Å². The Balaban J connectivity index is 2.31. The standard InChI is InChI=1S/C18H19Cl2NO3S/c1-4-8-21(11-13-6-7-16(20)25-13)18(22)12-9-14(19)17(24-5-2)15(10-12)23-3/h4,6-7,9-10H,1,5,8,11H2,2-3H3. The van der Waals surface area contributed by atoms with Crippen LogP contribution in [-0.2, 0) is 6.54 Å². The Morgan fingerprint density at radius 2 is 2.12 bits per heavy atom. The smallest absolute Gasteiger partial charge is 0.254 e. The number of halogens is 2. The molecule has 0 saturated heterocycles. The fraction of sp³-hybridized carbons (Fsp3) is 0.278. The fourth-order valence-corrected chi connectivity index (χ4v) is 3.68. The molecule has 2 rings (SSSR count). The van der Waals surface area contributed by atoms with Crippen LogP contribution < -0.4 is 9.47 Å². The van der Waals surface area contributed by atoms with Crippen molar-refractivity contribution in [1.29, 1.82) is 0 Å². The maximum atomic E-state index is 12.9. The number of methoxy groups -OCH3 is 1. The third-order valence-electron chi connectivity index (χ3n) is 3.38. The highest BCUT2D eigenvalue weighted by Crippen LogP contribution is 2.37. The summed E-state index contributed by atoms with van der Waals surface area (Å²) in [5, 5.41) is 0.335. The van der Waals surface area contributed by atoms with Gasteiger partial charge < -0.3 is 14.4 Å². The van der Waals surface area contributed by atoms with Crippen molar-refractivity contribution < 1.29 is 14.3 Å². The number of nitrogens with zero attached hydrogens (tertiary/aromatic N) is 1. The molecular formula is C18H19Cl2NO3S. The van der Waals surface area contributed by atoms with E-state index in [4.69, 9.17) is 32.7 Å². The summed E-state index contributed by atoms with van der Waals surface area (Å²) in [6.07, 6.45) is 1.68. The van der Waals surface area contributed by atoms with Crippen LogP contribution in [-0.4, -0.2) is 31.1 Å². The van der Waals surface area contributed by atoms with Crippen LogP contribution in [0.25, 0.3) is 0 Å². The molecule has 0 aliphatic carbocycles. The number of ether oxygens (including phenoxy) is 2. The second kappa shape index (κ2) is 9.13. The first-order chi connectivity index (χ1) is 12.0. The van der Waals surface area contributed by atoms with Crippen molar-refractivity contribution in [3.8, 4) is 11.5 Å². The van der Waals surface area contributed by atoms with Crippen molar-refractivity contribution in [2.75, 3.05) is 20.3 Å². The number of rotatable bonds is 8. The predicted octanol–water partition coefficient (Wildman–Crippen LogP) is 5.29. The van der Waals surface area contributed by atoms with Crippen LogP contribution in [0.1, 0.15) is 22.2 Å². The SMILES string of the molecule is C=CCN(Cc1ccc(Cl)s1)C(=O)c1cc(Cl)c(OCC)c(OC)c1. The van der Waals surface area contributed by atoms with E-state index in [1.165, 1.54) is 18.4 Å². The molecule has 25 heavy (non-hydrogen) atoms. The maximum Gasteiger partial charge on any atom is 0.254 e. The summed E-state index contributed by atoms with van der Waals surface area (Å²) in [5.74, 6) is 0.687. The fourth-order valence-electron chi connectivity index (χ4n) is 2.31. The zero-order valence-corrected chi connectivity index (χ0v) is 16.4. The van der Waals surface area contributed by atoms with Crippen molar-refractivity contribution in [2.24, 2.45) is 0 Å². The average Bonchev–Trinajstić information content (AvgIpc) is 3.00. The lowest BCUT2D eigenvalue weighted by atomic mass is 10.1. The van der Waals surface area contributed by atoms with Gasteiger partial charge in [0.05, 0.1) is 29.6 Å². The van der Waals surface area contributed by atoms with E-state index in [9.17, 15) is 4.79 Å². The molecule has 0 bridgehead atoms. The normalized spacial score (nSPS) is 10.4. The molecule has 1 heterocycles. The van der Waals surface area contributed by atoms with Crippen LogP contribution >= 0.6 is 34.5 Å². The third kappa shape index (κ3) is 4.91. The maximum absolute atomic E-state index is 12.9. The molecule has 1 aromatic carbocycles. The molecule has 1 amide bonds. The molecule has 2 aromatic rings. The second-order valence-electron chi connectivity index (χ2n) is 5.10. The topological polar surface area (TPSA) is 38.8 Å². The lowest BCUT2D eigenvalue weighted by Crippen LogP contribution is -2.30. The van der Waals surface area contributed by atoms with E-state index < -0.39 is 0 Å². The van der Waals surface area contributed by atoms with Crippen molar-refractivity contribution in [3.63, 3.8) is 0 Å². The summed E-state index contributed by atoms with van der Waals surface area (Å²) in [6.45, 7) is 6.87. The minimum absolute atomic E-state index is 0.173. The van der Waals surface area contributed by atoms with E-state index in [-0.39, 0.29) is 5.91 Å². The van der Waals surface area contributed by atoms with Gasteiger partial charge in [-0.15, -0.1) is 17.9 Å². The Morgan fingerprint density at radius 1 is 1.36 bits per heavy atom.